The maximum Gasteiger partial charge on any atom is 0.203 e. The summed E-state index contributed by atoms with van der Waals surface area (Å²) in [6.07, 6.45) is -0.551. The van der Waals surface area contributed by atoms with Crippen LogP contribution in [0.5, 0.6) is 0 Å². The number of aryl methyl sites for hydroxylation is 1. The Balaban J connectivity index is 1.84. The van der Waals surface area contributed by atoms with Gasteiger partial charge in [-0.1, -0.05) is 29.8 Å². The molecule has 0 amide bonds. The molecule has 1 atom stereocenters. The van der Waals surface area contributed by atoms with Crippen molar-refractivity contribution in [2.75, 3.05) is 6.54 Å². The Morgan fingerprint density at radius 3 is 2.89 bits per heavy atom. The predicted molar refractivity (Wildman–Crippen MR) is 71.3 cm³/mol. The van der Waals surface area contributed by atoms with Crippen LogP contribution < -0.4 is 5.32 Å². The summed E-state index contributed by atoms with van der Waals surface area (Å²) in [6, 6.07) is 13.1. The van der Waals surface area contributed by atoms with E-state index >= 15 is 0 Å². The van der Waals surface area contributed by atoms with Gasteiger partial charge >= 0.3 is 0 Å². The molecule has 1 aromatic carbocycles. The van der Waals surface area contributed by atoms with Crippen molar-refractivity contribution in [1.29, 1.82) is 5.26 Å². The van der Waals surface area contributed by atoms with E-state index in [-0.39, 0.29) is 0 Å². The first-order chi connectivity index (χ1) is 9.19. The number of hydrogen-bond acceptors (Lipinski definition) is 4. The number of aliphatic hydroxyl groups is 1. The van der Waals surface area contributed by atoms with Crippen LogP contribution in [0.2, 0.25) is 0 Å². The molecule has 1 aromatic heterocycles. The molecule has 19 heavy (non-hydrogen) atoms. The zero-order chi connectivity index (χ0) is 13.7. The first-order valence-corrected chi connectivity index (χ1v) is 6.13. The predicted octanol–water partition coefficient (Wildman–Crippen LogP) is 2.28. The fourth-order valence-corrected chi connectivity index (χ4v) is 1.86. The van der Waals surface area contributed by atoms with E-state index in [1.165, 1.54) is 0 Å². The molecule has 2 aromatic rings. The van der Waals surface area contributed by atoms with Crippen LogP contribution in [-0.4, -0.2) is 11.7 Å². The lowest BCUT2D eigenvalue weighted by Crippen LogP contribution is -2.20. The molecule has 1 heterocycles. The average Bonchev–Trinajstić information content (AvgIpc) is 2.86. The highest BCUT2D eigenvalue weighted by Gasteiger charge is 2.07. The van der Waals surface area contributed by atoms with Gasteiger partial charge in [0.15, 0.2) is 0 Å². The molecule has 0 bridgehead atoms. The van der Waals surface area contributed by atoms with Crippen molar-refractivity contribution in [3.8, 4) is 6.07 Å². The molecule has 0 saturated heterocycles. The minimum atomic E-state index is -0.551. The smallest absolute Gasteiger partial charge is 0.203 e. The highest BCUT2D eigenvalue weighted by Crippen LogP contribution is 2.13. The second-order valence-corrected chi connectivity index (χ2v) is 4.44. The van der Waals surface area contributed by atoms with E-state index < -0.39 is 6.10 Å². The highest BCUT2D eigenvalue weighted by atomic mass is 16.3. The fourth-order valence-electron chi connectivity index (χ4n) is 1.86. The largest absolute Gasteiger partial charge is 0.449 e. The van der Waals surface area contributed by atoms with Gasteiger partial charge in [-0.2, -0.15) is 5.26 Å². The second kappa shape index (κ2) is 6.19. The lowest BCUT2D eigenvalue weighted by Gasteiger charge is -2.12. The zero-order valence-corrected chi connectivity index (χ0v) is 10.8. The number of furan rings is 1. The first kappa shape index (κ1) is 13.3. The topological polar surface area (TPSA) is 69.2 Å². The third-order valence-electron chi connectivity index (χ3n) is 2.84. The van der Waals surface area contributed by atoms with Crippen molar-refractivity contribution in [3.63, 3.8) is 0 Å². The minimum absolute atomic E-state index is 0.302. The molecular weight excluding hydrogens is 240 g/mol. The molecule has 0 aliphatic heterocycles. The summed E-state index contributed by atoms with van der Waals surface area (Å²) in [5.41, 5.74) is 2.02. The van der Waals surface area contributed by atoms with Crippen LogP contribution >= 0.6 is 0 Å². The van der Waals surface area contributed by atoms with Gasteiger partial charge in [-0.05, 0) is 24.6 Å². The number of benzene rings is 1. The van der Waals surface area contributed by atoms with Gasteiger partial charge < -0.3 is 14.8 Å². The highest BCUT2D eigenvalue weighted by molar-refractivity contribution is 5.24. The van der Waals surface area contributed by atoms with E-state index in [2.05, 4.69) is 5.32 Å². The molecule has 0 spiro atoms. The normalized spacial score (nSPS) is 12.1. The molecule has 0 aliphatic rings. The van der Waals surface area contributed by atoms with Crippen molar-refractivity contribution in [3.05, 3.63) is 59.0 Å². The molecular formula is C15H16N2O2. The third-order valence-corrected chi connectivity index (χ3v) is 2.84. The number of nitriles is 1. The summed E-state index contributed by atoms with van der Waals surface area (Å²) in [7, 11) is 0. The van der Waals surface area contributed by atoms with E-state index in [0.717, 1.165) is 11.1 Å². The van der Waals surface area contributed by atoms with Crippen LogP contribution in [0, 0.1) is 18.3 Å². The molecule has 1 unspecified atom stereocenters. The fraction of sp³-hybridized carbons (Fsp3) is 0.267. The lowest BCUT2D eigenvalue weighted by atomic mass is 10.1. The minimum Gasteiger partial charge on any atom is -0.449 e. The SMILES string of the molecule is Cc1cccc(C(O)CNCc2ccc(C#N)o2)c1. The molecule has 2 rings (SSSR count). The van der Waals surface area contributed by atoms with Crippen LogP contribution in [-0.2, 0) is 6.54 Å². The number of aliphatic hydroxyl groups excluding tert-OH is 1. The Hall–Kier alpha value is -2.09. The van der Waals surface area contributed by atoms with Gasteiger partial charge in [0.2, 0.25) is 5.76 Å². The summed E-state index contributed by atoms with van der Waals surface area (Å²) in [5, 5.41) is 21.8. The Morgan fingerprint density at radius 1 is 1.37 bits per heavy atom. The van der Waals surface area contributed by atoms with Crippen LogP contribution in [0.15, 0.2) is 40.8 Å². The zero-order valence-electron chi connectivity index (χ0n) is 10.8. The molecule has 4 nitrogen and oxygen atoms in total. The summed E-state index contributed by atoms with van der Waals surface area (Å²) in [4.78, 5) is 0. The Labute approximate surface area is 112 Å². The van der Waals surface area contributed by atoms with E-state index in [0.29, 0.717) is 24.6 Å². The van der Waals surface area contributed by atoms with Crippen molar-refractivity contribution in [2.24, 2.45) is 0 Å². The molecule has 4 heteroatoms. The molecule has 0 saturated carbocycles. The van der Waals surface area contributed by atoms with Crippen molar-refractivity contribution < 1.29 is 9.52 Å². The summed E-state index contributed by atoms with van der Waals surface area (Å²) >= 11 is 0. The molecule has 98 valence electrons. The maximum atomic E-state index is 10.0. The third kappa shape index (κ3) is 3.68. The first-order valence-electron chi connectivity index (χ1n) is 6.13. The molecule has 2 N–H and O–H groups in total. The van der Waals surface area contributed by atoms with Gasteiger partial charge in [-0.25, -0.2) is 0 Å². The van der Waals surface area contributed by atoms with Gasteiger partial charge in [0.05, 0.1) is 12.6 Å². The van der Waals surface area contributed by atoms with E-state index in [4.69, 9.17) is 9.68 Å². The van der Waals surface area contributed by atoms with Crippen molar-refractivity contribution >= 4 is 0 Å². The average molecular weight is 256 g/mol. The summed E-state index contributed by atoms with van der Waals surface area (Å²) in [5.74, 6) is 0.990. The van der Waals surface area contributed by atoms with Gasteiger partial charge in [0.25, 0.3) is 0 Å². The Kier molecular flexibility index (Phi) is 4.35. The van der Waals surface area contributed by atoms with Crippen molar-refractivity contribution in [1.82, 2.24) is 5.32 Å². The van der Waals surface area contributed by atoms with Gasteiger partial charge in [0.1, 0.15) is 11.8 Å². The Bertz CT molecular complexity index is 584. The summed E-state index contributed by atoms with van der Waals surface area (Å²) in [6.45, 7) is 2.92. The van der Waals surface area contributed by atoms with Gasteiger partial charge in [0, 0.05) is 6.54 Å². The monoisotopic (exact) mass is 256 g/mol. The second-order valence-electron chi connectivity index (χ2n) is 4.44. The van der Waals surface area contributed by atoms with Crippen molar-refractivity contribution in [2.45, 2.75) is 19.6 Å². The maximum absolute atomic E-state index is 10.0. The number of rotatable bonds is 5. The number of nitrogens with zero attached hydrogens (tertiary/aromatic N) is 1. The lowest BCUT2D eigenvalue weighted by molar-refractivity contribution is 0.173. The summed E-state index contributed by atoms with van der Waals surface area (Å²) < 4.78 is 5.23. The van der Waals surface area contributed by atoms with Crippen LogP contribution in [0.3, 0.4) is 0 Å². The van der Waals surface area contributed by atoms with Crippen LogP contribution in [0.4, 0.5) is 0 Å². The van der Waals surface area contributed by atoms with E-state index in [9.17, 15) is 5.11 Å². The van der Waals surface area contributed by atoms with Crippen LogP contribution in [0.25, 0.3) is 0 Å². The molecule has 0 radical (unpaired) electrons. The van der Waals surface area contributed by atoms with E-state index in [1.807, 2.05) is 37.3 Å². The Morgan fingerprint density at radius 2 is 2.21 bits per heavy atom. The standard InChI is InChI=1S/C15H16N2O2/c1-11-3-2-4-12(7-11)15(18)10-17-9-14-6-5-13(8-16)19-14/h2-7,15,17-18H,9-10H2,1H3. The molecule has 0 aliphatic carbocycles. The quantitative estimate of drug-likeness (QED) is 0.861. The van der Waals surface area contributed by atoms with Gasteiger partial charge in [-0.15, -0.1) is 0 Å². The van der Waals surface area contributed by atoms with Gasteiger partial charge in [-0.3, -0.25) is 0 Å². The van der Waals surface area contributed by atoms with Crippen LogP contribution in [0.1, 0.15) is 28.8 Å². The number of hydrogen-bond donors (Lipinski definition) is 2. The number of nitrogens with one attached hydrogen (secondary N) is 1. The molecule has 0 fully saturated rings. The van der Waals surface area contributed by atoms with E-state index in [1.54, 1.807) is 12.1 Å².